The highest BCUT2D eigenvalue weighted by atomic mass is 19.1. The van der Waals surface area contributed by atoms with Gasteiger partial charge in [-0.3, -0.25) is 14.3 Å². The second-order valence-corrected chi connectivity index (χ2v) is 8.22. The van der Waals surface area contributed by atoms with E-state index < -0.39 is 29.0 Å². The van der Waals surface area contributed by atoms with Crippen LogP contribution >= 0.6 is 0 Å². The lowest BCUT2D eigenvalue weighted by Crippen LogP contribution is -2.51. The van der Waals surface area contributed by atoms with Crippen molar-refractivity contribution in [3.63, 3.8) is 0 Å². The zero-order valence-corrected chi connectivity index (χ0v) is 17.0. The molecule has 1 aromatic heterocycles. The summed E-state index contributed by atoms with van der Waals surface area (Å²) in [5.41, 5.74) is 1.09. The standard InChI is InChI=1S/C24H22FN3O3/c1-14-7-5-10-16(20(14)25)19(15-8-3-2-4-9-15)21-17-11-6-12-27(17)24(31)22-23(30)18(29)13-26-28(21)22/h2-5,7-10,13,17,19,21,30H,6,11-12H2,1H3/t17-,19-,21-/m1/s1. The maximum atomic E-state index is 15.4. The van der Waals surface area contributed by atoms with Gasteiger partial charge in [-0.2, -0.15) is 5.10 Å². The van der Waals surface area contributed by atoms with Crippen molar-refractivity contribution in [2.45, 2.75) is 37.8 Å². The summed E-state index contributed by atoms with van der Waals surface area (Å²) in [5, 5.41) is 14.7. The molecule has 0 aliphatic carbocycles. The van der Waals surface area contributed by atoms with Gasteiger partial charge in [0.05, 0.1) is 18.3 Å². The SMILES string of the molecule is Cc1cccc([C@@H](c2ccccc2)[C@H]2[C@H]3CCCN3C(=O)c3c(O)c(=O)cnn32)c1F. The highest BCUT2D eigenvalue weighted by Crippen LogP contribution is 2.46. The Morgan fingerprint density at radius 3 is 2.68 bits per heavy atom. The van der Waals surface area contributed by atoms with Crippen molar-refractivity contribution in [2.24, 2.45) is 0 Å². The minimum Gasteiger partial charge on any atom is -0.502 e. The van der Waals surface area contributed by atoms with E-state index in [0.717, 1.165) is 24.6 Å². The molecule has 5 rings (SSSR count). The first kappa shape index (κ1) is 19.5. The number of aryl methyl sites for hydroxylation is 1. The lowest BCUT2D eigenvalue weighted by molar-refractivity contribution is 0.0564. The summed E-state index contributed by atoms with van der Waals surface area (Å²) in [6.45, 7) is 2.25. The highest BCUT2D eigenvalue weighted by molar-refractivity contribution is 5.96. The van der Waals surface area contributed by atoms with E-state index in [4.69, 9.17) is 0 Å². The number of amides is 1. The maximum Gasteiger partial charge on any atom is 0.276 e. The molecule has 7 heteroatoms. The predicted octanol–water partition coefficient (Wildman–Crippen LogP) is 3.39. The van der Waals surface area contributed by atoms with Gasteiger partial charge in [-0.25, -0.2) is 4.39 Å². The Morgan fingerprint density at radius 2 is 1.90 bits per heavy atom. The Kier molecular flexibility index (Phi) is 4.61. The molecule has 2 aromatic carbocycles. The minimum atomic E-state index is -0.700. The van der Waals surface area contributed by atoms with Gasteiger partial charge in [0, 0.05) is 12.5 Å². The van der Waals surface area contributed by atoms with E-state index in [1.165, 1.54) is 4.68 Å². The molecule has 1 fully saturated rings. The van der Waals surface area contributed by atoms with Gasteiger partial charge in [-0.1, -0.05) is 48.5 Å². The molecule has 1 N–H and O–H groups in total. The van der Waals surface area contributed by atoms with Crippen molar-refractivity contribution in [1.29, 1.82) is 0 Å². The number of rotatable bonds is 3. The maximum absolute atomic E-state index is 15.4. The van der Waals surface area contributed by atoms with Gasteiger partial charge in [0.15, 0.2) is 11.4 Å². The van der Waals surface area contributed by atoms with Gasteiger partial charge in [0.1, 0.15) is 5.82 Å². The van der Waals surface area contributed by atoms with E-state index in [2.05, 4.69) is 5.10 Å². The van der Waals surface area contributed by atoms with Crippen LogP contribution in [0.5, 0.6) is 5.75 Å². The number of hydrogen-bond acceptors (Lipinski definition) is 4. The molecule has 1 amide bonds. The summed E-state index contributed by atoms with van der Waals surface area (Å²) in [6.07, 6.45) is 2.56. The molecule has 0 saturated carbocycles. The van der Waals surface area contributed by atoms with Gasteiger partial charge in [-0.05, 0) is 36.5 Å². The summed E-state index contributed by atoms with van der Waals surface area (Å²) in [7, 11) is 0. The largest absolute Gasteiger partial charge is 0.502 e. The van der Waals surface area contributed by atoms with Crippen LogP contribution in [-0.4, -0.2) is 38.3 Å². The first-order valence-corrected chi connectivity index (χ1v) is 10.4. The lowest BCUT2D eigenvalue weighted by atomic mass is 9.79. The van der Waals surface area contributed by atoms with Crippen molar-refractivity contribution in [3.8, 4) is 5.75 Å². The molecule has 0 radical (unpaired) electrons. The average molecular weight is 419 g/mol. The molecule has 6 nitrogen and oxygen atoms in total. The second kappa shape index (κ2) is 7.34. The number of nitrogens with zero attached hydrogens (tertiary/aromatic N) is 3. The molecule has 2 aliphatic rings. The quantitative estimate of drug-likeness (QED) is 0.706. The zero-order chi connectivity index (χ0) is 21.7. The van der Waals surface area contributed by atoms with E-state index in [9.17, 15) is 14.7 Å². The van der Waals surface area contributed by atoms with Gasteiger partial charge in [0.25, 0.3) is 5.91 Å². The van der Waals surface area contributed by atoms with Gasteiger partial charge >= 0.3 is 0 Å². The zero-order valence-electron chi connectivity index (χ0n) is 17.0. The first-order valence-electron chi connectivity index (χ1n) is 10.4. The molecule has 0 bridgehead atoms. The number of aromatic hydroxyl groups is 1. The van der Waals surface area contributed by atoms with Crippen molar-refractivity contribution in [3.05, 3.63) is 93.2 Å². The van der Waals surface area contributed by atoms with Crippen molar-refractivity contribution < 1.29 is 14.3 Å². The van der Waals surface area contributed by atoms with Crippen molar-refractivity contribution >= 4 is 5.91 Å². The molecule has 2 aliphatic heterocycles. The molecule has 3 aromatic rings. The molecule has 1 saturated heterocycles. The summed E-state index contributed by atoms with van der Waals surface area (Å²) < 4.78 is 16.9. The molecule has 3 atom stereocenters. The Bertz CT molecular complexity index is 1220. The fourth-order valence-electron chi connectivity index (χ4n) is 5.08. The van der Waals surface area contributed by atoms with E-state index in [-0.39, 0.29) is 17.6 Å². The molecule has 0 unspecified atom stereocenters. The Labute approximate surface area is 178 Å². The van der Waals surface area contributed by atoms with Crippen LogP contribution in [0.2, 0.25) is 0 Å². The predicted molar refractivity (Wildman–Crippen MR) is 113 cm³/mol. The fourth-order valence-corrected chi connectivity index (χ4v) is 5.08. The van der Waals surface area contributed by atoms with Gasteiger partial charge < -0.3 is 10.0 Å². The molecular weight excluding hydrogens is 397 g/mol. The number of hydrogen-bond donors (Lipinski definition) is 1. The summed E-state index contributed by atoms with van der Waals surface area (Å²) in [4.78, 5) is 26.9. The van der Waals surface area contributed by atoms with Crippen molar-refractivity contribution in [1.82, 2.24) is 14.7 Å². The molecule has 3 heterocycles. The highest BCUT2D eigenvalue weighted by Gasteiger charge is 2.48. The lowest BCUT2D eigenvalue weighted by Gasteiger charge is -2.42. The molecule has 158 valence electrons. The fraction of sp³-hybridized carbons (Fsp3) is 0.292. The normalized spacial score (nSPS) is 21.0. The minimum absolute atomic E-state index is 0.121. The summed E-state index contributed by atoms with van der Waals surface area (Å²) in [5.74, 6) is -1.78. The van der Waals surface area contributed by atoms with E-state index in [1.54, 1.807) is 24.0 Å². The van der Waals surface area contributed by atoms with Gasteiger partial charge in [0.2, 0.25) is 5.43 Å². The third-order valence-corrected chi connectivity index (χ3v) is 6.48. The first-order chi connectivity index (χ1) is 15.0. The number of carbonyl (C=O) groups is 1. The Hall–Kier alpha value is -3.48. The number of aromatic nitrogens is 2. The van der Waals surface area contributed by atoms with Crippen LogP contribution in [0.4, 0.5) is 4.39 Å². The van der Waals surface area contributed by atoms with Crippen LogP contribution < -0.4 is 5.43 Å². The summed E-state index contributed by atoms with van der Waals surface area (Å²) in [6, 6.07) is 14.2. The van der Waals surface area contributed by atoms with Crippen molar-refractivity contribution in [2.75, 3.05) is 6.54 Å². The van der Waals surface area contributed by atoms with E-state index in [1.807, 2.05) is 36.4 Å². The van der Waals surface area contributed by atoms with E-state index >= 15 is 4.39 Å². The van der Waals surface area contributed by atoms with Crippen LogP contribution in [0.3, 0.4) is 0 Å². The van der Waals surface area contributed by atoms with Crippen LogP contribution in [0, 0.1) is 12.7 Å². The Balaban J connectivity index is 1.81. The topological polar surface area (TPSA) is 75.4 Å². The van der Waals surface area contributed by atoms with Crippen LogP contribution in [0.1, 0.15) is 52.0 Å². The van der Waals surface area contributed by atoms with Crippen LogP contribution in [-0.2, 0) is 0 Å². The van der Waals surface area contributed by atoms with Crippen LogP contribution in [0.25, 0.3) is 0 Å². The average Bonchev–Trinajstić information content (AvgIpc) is 3.26. The molecule has 0 spiro atoms. The number of carbonyl (C=O) groups excluding carboxylic acids is 1. The number of fused-ring (bicyclic) bond motifs is 2. The Morgan fingerprint density at radius 1 is 1.13 bits per heavy atom. The smallest absolute Gasteiger partial charge is 0.276 e. The molecule has 31 heavy (non-hydrogen) atoms. The third-order valence-electron chi connectivity index (χ3n) is 6.48. The van der Waals surface area contributed by atoms with Gasteiger partial charge in [-0.15, -0.1) is 0 Å². The number of benzene rings is 2. The molecular formula is C24H22FN3O3. The second-order valence-electron chi connectivity index (χ2n) is 8.22. The summed E-state index contributed by atoms with van der Waals surface area (Å²) >= 11 is 0. The van der Waals surface area contributed by atoms with E-state index in [0.29, 0.717) is 17.7 Å². The monoisotopic (exact) mass is 419 g/mol. The number of halogens is 1. The van der Waals surface area contributed by atoms with Crippen LogP contribution in [0.15, 0.2) is 59.5 Å². The third kappa shape index (κ3) is 2.95.